The first-order chi connectivity index (χ1) is 9.38. The predicted octanol–water partition coefficient (Wildman–Crippen LogP) is 2.10. The zero-order valence-corrected chi connectivity index (χ0v) is 12.8. The Labute approximate surface area is 124 Å². The van der Waals surface area contributed by atoms with Crippen LogP contribution < -0.4 is 5.32 Å². The first-order valence-electron chi connectivity index (χ1n) is 5.53. The first-order valence-corrected chi connectivity index (χ1v) is 6.32. The number of esters is 2. The van der Waals surface area contributed by atoms with Gasteiger partial charge in [-0.25, -0.2) is 9.59 Å². The molecule has 0 aromatic heterocycles. The van der Waals surface area contributed by atoms with Crippen LogP contribution in [-0.4, -0.2) is 31.3 Å². The van der Waals surface area contributed by atoms with Gasteiger partial charge in [0.15, 0.2) is 5.75 Å². The van der Waals surface area contributed by atoms with Gasteiger partial charge in [-0.05, 0) is 40.5 Å². The van der Waals surface area contributed by atoms with Crippen molar-refractivity contribution in [2.75, 3.05) is 19.5 Å². The fourth-order valence-electron chi connectivity index (χ4n) is 1.41. The van der Waals surface area contributed by atoms with E-state index in [9.17, 15) is 14.7 Å². The minimum Gasteiger partial charge on any atom is -0.505 e. The minimum absolute atomic E-state index is 0.0877. The summed E-state index contributed by atoms with van der Waals surface area (Å²) >= 11 is 3.19. The van der Waals surface area contributed by atoms with Gasteiger partial charge in [0, 0.05) is 0 Å². The van der Waals surface area contributed by atoms with Crippen LogP contribution in [0.15, 0.2) is 28.4 Å². The molecule has 0 atom stereocenters. The van der Waals surface area contributed by atoms with Crippen molar-refractivity contribution in [2.45, 2.75) is 6.92 Å². The fraction of sp³-hybridized carbons (Fsp3) is 0.231. The van der Waals surface area contributed by atoms with E-state index in [1.807, 2.05) is 6.92 Å². The molecule has 0 saturated heterocycles. The second kappa shape index (κ2) is 6.95. The molecule has 1 aromatic rings. The summed E-state index contributed by atoms with van der Waals surface area (Å²) in [6.45, 7) is 1.82. The fourth-order valence-corrected chi connectivity index (χ4v) is 1.98. The van der Waals surface area contributed by atoms with Crippen LogP contribution in [0.25, 0.3) is 0 Å². The molecule has 0 saturated carbocycles. The van der Waals surface area contributed by atoms with Crippen molar-refractivity contribution < 1.29 is 24.2 Å². The van der Waals surface area contributed by atoms with Crippen molar-refractivity contribution >= 4 is 33.6 Å². The zero-order valence-electron chi connectivity index (χ0n) is 11.2. The van der Waals surface area contributed by atoms with Gasteiger partial charge in [-0.2, -0.15) is 0 Å². The average molecular weight is 344 g/mol. The van der Waals surface area contributed by atoms with Crippen LogP contribution >= 0.6 is 15.9 Å². The Morgan fingerprint density at radius 1 is 1.30 bits per heavy atom. The number of aryl methyl sites for hydroxylation is 1. The van der Waals surface area contributed by atoms with Gasteiger partial charge in [0.2, 0.25) is 0 Å². The summed E-state index contributed by atoms with van der Waals surface area (Å²) < 4.78 is 9.48. The van der Waals surface area contributed by atoms with Crippen LogP contribution in [0.2, 0.25) is 0 Å². The van der Waals surface area contributed by atoms with Crippen molar-refractivity contribution in [3.63, 3.8) is 0 Å². The summed E-state index contributed by atoms with van der Waals surface area (Å²) in [4.78, 5) is 22.8. The number of benzene rings is 1. The summed E-state index contributed by atoms with van der Waals surface area (Å²) in [6.07, 6.45) is 0.946. The molecule has 0 radical (unpaired) electrons. The van der Waals surface area contributed by atoms with Crippen LogP contribution in [0.3, 0.4) is 0 Å². The average Bonchev–Trinajstić information content (AvgIpc) is 2.42. The molecule has 2 N–H and O–H groups in total. The molecule has 0 heterocycles. The lowest BCUT2D eigenvalue weighted by atomic mass is 10.2. The van der Waals surface area contributed by atoms with Gasteiger partial charge in [0.05, 0.1) is 30.5 Å². The molecule has 0 aliphatic heterocycles. The Bertz CT molecular complexity index is 568. The Hall–Kier alpha value is -2.02. The Balaban J connectivity index is 3.17. The number of aromatic hydroxyl groups is 1. The van der Waals surface area contributed by atoms with Gasteiger partial charge in [0.25, 0.3) is 0 Å². The zero-order chi connectivity index (χ0) is 15.3. The van der Waals surface area contributed by atoms with Gasteiger partial charge in [-0.3, -0.25) is 0 Å². The van der Waals surface area contributed by atoms with E-state index in [0.29, 0.717) is 4.47 Å². The number of phenolic OH excluding ortho intramolecular Hbond substituents is 1. The second-order valence-corrected chi connectivity index (χ2v) is 4.70. The Morgan fingerprint density at radius 2 is 1.95 bits per heavy atom. The maximum Gasteiger partial charge on any atom is 0.354 e. The van der Waals surface area contributed by atoms with Gasteiger partial charge >= 0.3 is 11.9 Å². The number of rotatable bonds is 4. The molecular formula is C13H14BrNO5. The molecule has 0 fully saturated rings. The number of methoxy groups -OCH3 is 2. The third kappa shape index (κ3) is 3.99. The summed E-state index contributed by atoms with van der Waals surface area (Å²) in [5.74, 6) is -1.56. The number of hydrogen-bond acceptors (Lipinski definition) is 6. The lowest BCUT2D eigenvalue weighted by Crippen LogP contribution is -2.15. The number of anilines is 1. The lowest BCUT2D eigenvalue weighted by Gasteiger charge is -2.12. The number of ether oxygens (including phenoxy) is 2. The highest BCUT2D eigenvalue weighted by Gasteiger charge is 2.15. The smallest absolute Gasteiger partial charge is 0.354 e. The summed E-state index contributed by atoms with van der Waals surface area (Å²) in [7, 11) is 2.37. The number of hydrogen-bond donors (Lipinski definition) is 2. The van der Waals surface area contributed by atoms with E-state index < -0.39 is 11.9 Å². The SMILES string of the molecule is COC(=O)/C=C(/Nc1cc(C)cc(Br)c1O)C(=O)OC. The van der Waals surface area contributed by atoms with E-state index >= 15 is 0 Å². The lowest BCUT2D eigenvalue weighted by molar-refractivity contribution is -0.138. The van der Waals surface area contributed by atoms with E-state index in [-0.39, 0.29) is 17.1 Å². The molecule has 0 unspecified atom stereocenters. The Morgan fingerprint density at radius 3 is 2.50 bits per heavy atom. The van der Waals surface area contributed by atoms with Crippen LogP contribution in [0.1, 0.15) is 5.56 Å². The monoisotopic (exact) mass is 343 g/mol. The van der Waals surface area contributed by atoms with Crippen LogP contribution in [0.5, 0.6) is 5.75 Å². The molecule has 0 aliphatic rings. The highest BCUT2D eigenvalue weighted by Crippen LogP contribution is 2.34. The van der Waals surface area contributed by atoms with E-state index in [1.54, 1.807) is 12.1 Å². The van der Waals surface area contributed by atoms with Crippen LogP contribution in [0.4, 0.5) is 5.69 Å². The van der Waals surface area contributed by atoms with Gasteiger partial charge < -0.3 is 19.9 Å². The van der Waals surface area contributed by atoms with E-state index in [1.165, 1.54) is 14.2 Å². The third-order valence-corrected chi connectivity index (χ3v) is 2.95. The molecule has 108 valence electrons. The number of halogens is 1. The van der Waals surface area contributed by atoms with Crippen molar-refractivity contribution in [1.82, 2.24) is 0 Å². The topological polar surface area (TPSA) is 84.9 Å². The first kappa shape index (κ1) is 16.0. The molecule has 0 spiro atoms. The summed E-state index contributed by atoms with van der Waals surface area (Å²) in [5.41, 5.74) is 0.962. The van der Waals surface area contributed by atoms with Crippen molar-refractivity contribution in [1.29, 1.82) is 0 Å². The normalized spacial score (nSPS) is 10.9. The molecule has 7 heteroatoms. The van der Waals surface area contributed by atoms with Gasteiger partial charge in [-0.1, -0.05) is 0 Å². The Kier molecular flexibility index (Phi) is 5.57. The van der Waals surface area contributed by atoms with Crippen LogP contribution in [0, 0.1) is 6.92 Å². The van der Waals surface area contributed by atoms with E-state index in [0.717, 1.165) is 11.6 Å². The number of nitrogens with one attached hydrogen (secondary N) is 1. The molecule has 1 aromatic carbocycles. The molecule has 6 nitrogen and oxygen atoms in total. The third-order valence-electron chi connectivity index (χ3n) is 2.35. The molecule has 0 bridgehead atoms. The van der Waals surface area contributed by atoms with Crippen molar-refractivity contribution in [3.05, 3.63) is 33.9 Å². The van der Waals surface area contributed by atoms with Crippen LogP contribution in [-0.2, 0) is 19.1 Å². The maximum absolute atomic E-state index is 11.6. The predicted molar refractivity (Wildman–Crippen MR) is 76.3 cm³/mol. The highest BCUT2D eigenvalue weighted by molar-refractivity contribution is 9.10. The molecule has 0 amide bonds. The molecule has 1 rings (SSSR count). The largest absolute Gasteiger partial charge is 0.505 e. The molecular weight excluding hydrogens is 330 g/mol. The maximum atomic E-state index is 11.6. The minimum atomic E-state index is -0.757. The van der Waals surface area contributed by atoms with Gasteiger partial charge in [-0.15, -0.1) is 0 Å². The standard InChI is InChI=1S/C13H14BrNO5/c1-7-4-8(14)12(17)9(5-7)15-10(13(18)20-3)6-11(16)19-2/h4-6,15,17H,1-3H3/b10-6+. The second-order valence-electron chi connectivity index (χ2n) is 3.84. The summed E-state index contributed by atoms with van der Waals surface area (Å²) in [5, 5.41) is 12.6. The van der Waals surface area contributed by atoms with Gasteiger partial charge in [0.1, 0.15) is 5.70 Å². The number of phenols is 1. The van der Waals surface area contributed by atoms with E-state index in [4.69, 9.17) is 0 Å². The number of carbonyl (C=O) groups excluding carboxylic acids is 2. The van der Waals surface area contributed by atoms with E-state index in [2.05, 4.69) is 30.7 Å². The number of carbonyl (C=O) groups is 2. The molecule has 20 heavy (non-hydrogen) atoms. The quantitative estimate of drug-likeness (QED) is 0.494. The van der Waals surface area contributed by atoms with Crippen molar-refractivity contribution in [2.24, 2.45) is 0 Å². The van der Waals surface area contributed by atoms with Crippen molar-refractivity contribution in [3.8, 4) is 5.75 Å². The molecule has 0 aliphatic carbocycles. The summed E-state index contributed by atoms with van der Waals surface area (Å²) in [6, 6.07) is 3.33. The highest BCUT2D eigenvalue weighted by atomic mass is 79.9.